The predicted molar refractivity (Wildman–Crippen MR) is 64.4 cm³/mol. The second-order valence-corrected chi connectivity index (χ2v) is 5.47. The molecule has 2 rings (SSSR count). The third-order valence-electron chi connectivity index (χ3n) is 2.95. The summed E-state index contributed by atoms with van der Waals surface area (Å²) in [6.45, 7) is -0.422. The average molecular weight is 291 g/mol. The van der Waals surface area contributed by atoms with Gasteiger partial charge in [-0.05, 0) is 4.92 Å². The summed E-state index contributed by atoms with van der Waals surface area (Å²) in [4.78, 5) is 13.6. The maximum atomic E-state index is 10.8. The molecular formula is C9H13N3O6S. The van der Waals surface area contributed by atoms with Crippen molar-refractivity contribution in [1.29, 1.82) is 0 Å². The van der Waals surface area contributed by atoms with Crippen LogP contribution in [-0.4, -0.2) is 65.1 Å². The number of hydrogen-bond acceptors (Lipinski definition) is 8. The van der Waals surface area contributed by atoms with Crippen molar-refractivity contribution in [2.75, 3.05) is 6.61 Å². The van der Waals surface area contributed by atoms with Crippen LogP contribution in [0.2, 0.25) is 0 Å². The summed E-state index contributed by atoms with van der Waals surface area (Å²) < 4.78 is 1.10. The zero-order valence-electron chi connectivity index (χ0n) is 9.60. The van der Waals surface area contributed by atoms with Gasteiger partial charge in [0.2, 0.25) is 0 Å². The Hall–Kier alpha value is -1.20. The average Bonchev–Trinajstić information content (AvgIpc) is 2.85. The molecular weight excluding hydrogens is 278 g/mol. The Morgan fingerprint density at radius 1 is 1.37 bits per heavy atom. The first-order chi connectivity index (χ1) is 8.97. The van der Waals surface area contributed by atoms with Gasteiger partial charge in [0.05, 0.1) is 18.0 Å². The molecule has 4 N–H and O–H groups in total. The SMILES string of the molecule is O=[N+]([O-])c1nccn1[C@@H]1S[C@H](CO)[C@@H](O)[C@H](O)[C@H]1O. The van der Waals surface area contributed by atoms with Crippen molar-refractivity contribution in [3.8, 4) is 0 Å². The molecule has 0 saturated carbocycles. The topological polar surface area (TPSA) is 142 Å². The fraction of sp³-hybridized carbons (Fsp3) is 0.667. The van der Waals surface area contributed by atoms with Crippen molar-refractivity contribution in [3.63, 3.8) is 0 Å². The van der Waals surface area contributed by atoms with E-state index in [1.165, 1.54) is 12.4 Å². The van der Waals surface area contributed by atoms with E-state index in [9.17, 15) is 25.4 Å². The molecule has 5 atom stereocenters. The van der Waals surface area contributed by atoms with E-state index < -0.39 is 46.4 Å². The Balaban J connectivity index is 2.32. The zero-order valence-corrected chi connectivity index (χ0v) is 10.4. The van der Waals surface area contributed by atoms with Crippen LogP contribution in [0.5, 0.6) is 0 Å². The van der Waals surface area contributed by atoms with E-state index in [0.29, 0.717) is 0 Å². The van der Waals surface area contributed by atoms with Gasteiger partial charge < -0.3 is 30.5 Å². The zero-order chi connectivity index (χ0) is 14.2. The smallest absolute Gasteiger partial charge is 0.395 e. The molecule has 0 radical (unpaired) electrons. The molecule has 0 bridgehead atoms. The van der Waals surface area contributed by atoms with Gasteiger partial charge in [0, 0.05) is 0 Å². The predicted octanol–water partition coefficient (Wildman–Crippen LogP) is -1.52. The number of aliphatic hydroxyl groups is 4. The Kier molecular flexibility index (Phi) is 4.06. The van der Waals surface area contributed by atoms with Gasteiger partial charge in [0.1, 0.15) is 24.6 Å². The highest BCUT2D eigenvalue weighted by molar-refractivity contribution is 8.00. The van der Waals surface area contributed by atoms with Crippen LogP contribution < -0.4 is 0 Å². The van der Waals surface area contributed by atoms with Gasteiger partial charge in [-0.1, -0.05) is 4.98 Å². The molecule has 1 aromatic heterocycles. The lowest BCUT2D eigenvalue weighted by atomic mass is 10.0. The molecule has 1 fully saturated rings. The van der Waals surface area contributed by atoms with E-state index in [2.05, 4.69) is 4.98 Å². The van der Waals surface area contributed by atoms with Crippen LogP contribution in [-0.2, 0) is 0 Å². The fourth-order valence-corrected chi connectivity index (χ4v) is 3.34. The molecule has 19 heavy (non-hydrogen) atoms. The van der Waals surface area contributed by atoms with Gasteiger partial charge in [-0.15, -0.1) is 11.8 Å². The molecule has 1 aromatic rings. The summed E-state index contributed by atoms with van der Waals surface area (Å²) in [5.74, 6) is -0.475. The van der Waals surface area contributed by atoms with Crippen molar-refractivity contribution < 1.29 is 25.3 Å². The molecule has 0 aromatic carbocycles. The molecule has 10 heteroatoms. The second-order valence-electron chi connectivity index (χ2n) is 4.11. The maximum Gasteiger partial charge on any atom is 0.435 e. The van der Waals surface area contributed by atoms with E-state index >= 15 is 0 Å². The summed E-state index contributed by atoms with van der Waals surface area (Å²) in [7, 11) is 0. The highest BCUT2D eigenvalue weighted by Gasteiger charge is 2.46. The molecule has 106 valence electrons. The number of aliphatic hydroxyl groups excluding tert-OH is 4. The molecule has 1 aliphatic rings. The van der Waals surface area contributed by atoms with E-state index in [1.54, 1.807) is 0 Å². The number of nitro groups is 1. The molecule has 1 saturated heterocycles. The molecule has 1 aliphatic heterocycles. The summed E-state index contributed by atoms with van der Waals surface area (Å²) in [6, 6.07) is 0. The lowest BCUT2D eigenvalue weighted by Gasteiger charge is -2.38. The number of nitrogens with zero attached hydrogens (tertiary/aromatic N) is 3. The first-order valence-electron chi connectivity index (χ1n) is 5.45. The van der Waals surface area contributed by atoms with Crippen LogP contribution in [0.3, 0.4) is 0 Å². The summed E-state index contributed by atoms with van der Waals surface area (Å²) in [6.07, 6.45) is -1.70. The van der Waals surface area contributed by atoms with Gasteiger partial charge >= 0.3 is 5.95 Å². The standard InChI is InChI=1S/C9H13N3O6S/c13-3-4-5(14)6(15)7(16)8(19-4)11-2-1-10-9(11)12(17)18/h1-2,4-8,13-16H,3H2/t4-,5-,6+,7-,8-/m1/s1. The van der Waals surface area contributed by atoms with Gasteiger partial charge in [-0.3, -0.25) is 0 Å². The summed E-state index contributed by atoms with van der Waals surface area (Å²) in [5.41, 5.74) is 0. The van der Waals surface area contributed by atoms with E-state index in [4.69, 9.17) is 5.11 Å². The molecule has 0 aliphatic carbocycles. The largest absolute Gasteiger partial charge is 0.435 e. The third kappa shape index (κ3) is 2.44. The Morgan fingerprint density at radius 3 is 2.63 bits per heavy atom. The number of thioether (sulfide) groups is 1. The number of aromatic nitrogens is 2. The minimum atomic E-state index is -1.49. The van der Waals surface area contributed by atoms with Gasteiger partial charge in [0.15, 0.2) is 5.37 Å². The quantitative estimate of drug-likeness (QED) is 0.388. The first kappa shape index (κ1) is 14.2. The van der Waals surface area contributed by atoms with E-state index in [0.717, 1.165) is 16.3 Å². The van der Waals surface area contributed by atoms with Crippen molar-refractivity contribution in [3.05, 3.63) is 22.5 Å². The lowest BCUT2D eigenvalue weighted by Crippen LogP contribution is -2.52. The summed E-state index contributed by atoms with van der Waals surface area (Å²) in [5, 5.41) is 47.6. The van der Waals surface area contributed by atoms with E-state index in [1.807, 2.05) is 0 Å². The monoisotopic (exact) mass is 291 g/mol. The maximum absolute atomic E-state index is 10.8. The van der Waals surface area contributed by atoms with Crippen LogP contribution in [0, 0.1) is 10.1 Å². The lowest BCUT2D eigenvalue weighted by molar-refractivity contribution is -0.397. The molecule has 2 heterocycles. The summed E-state index contributed by atoms with van der Waals surface area (Å²) >= 11 is 0.949. The van der Waals surface area contributed by atoms with Crippen molar-refractivity contribution in [2.24, 2.45) is 0 Å². The van der Waals surface area contributed by atoms with Crippen LogP contribution in [0.4, 0.5) is 5.95 Å². The third-order valence-corrected chi connectivity index (χ3v) is 4.52. The molecule has 0 unspecified atom stereocenters. The van der Waals surface area contributed by atoms with Gasteiger partial charge in [-0.2, -0.15) is 0 Å². The Morgan fingerprint density at radius 2 is 2.05 bits per heavy atom. The van der Waals surface area contributed by atoms with Gasteiger partial charge in [0.25, 0.3) is 0 Å². The Bertz CT molecular complexity index is 467. The minimum absolute atomic E-state index is 0.422. The molecule has 0 amide bonds. The van der Waals surface area contributed by atoms with Crippen LogP contribution >= 0.6 is 11.8 Å². The second kappa shape index (κ2) is 5.43. The Labute approximate surface area is 111 Å². The number of imidazole rings is 1. The van der Waals surface area contributed by atoms with Crippen molar-refractivity contribution in [2.45, 2.75) is 28.9 Å². The van der Waals surface area contributed by atoms with Crippen LogP contribution in [0.1, 0.15) is 5.37 Å². The fourth-order valence-electron chi connectivity index (χ4n) is 1.96. The van der Waals surface area contributed by atoms with Crippen molar-refractivity contribution >= 4 is 17.7 Å². The first-order valence-corrected chi connectivity index (χ1v) is 6.39. The van der Waals surface area contributed by atoms with Crippen molar-refractivity contribution in [1.82, 2.24) is 9.55 Å². The normalized spacial score (nSPS) is 35.3. The highest BCUT2D eigenvalue weighted by Crippen LogP contribution is 2.41. The minimum Gasteiger partial charge on any atom is -0.395 e. The number of hydrogen-bond donors (Lipinski definition) is 4. The highest BCUT2D eigenvalue weighted by atomic mass is 32.2. The van der Waals surface area contributed by atoms with Crippen LogP contribution in [0.25, 0.3) is 0 Å². The number of rotatable bonds is 3. The molecule has 0 spiro atoms. The van der Waals surface area contributed by atoms with Crippen LogP contribution in [0.15, 0.2) is 12.4 Å². The van der Waals surface area contributed by atoms with Gasteiger partial charge in [-0.25, -0.2) is 4.57 Å². The molecule has 9 nitrogen and oxygen atoms in total. The van der Waals surface area contributed by atoms with E-state index in [-0.39, 0.29) is 0 Å².